The lowest BCUT2D eigenvalue weighted by molar-refractivity contribution is -0.384. The number of nitrogens with one attached hydrogen (secondary N) is 1. The van der Waals surface area contributed by atoms with Crippen molar-refractivity contribution >= 4 is 5.69 Å². The third-order valence-electron chi connectivity index (χ3n) is 1.50. The van der Waals surface area contributed by atoms with Gasteiger partial charge in [0.25, 0.3) is 5.69 Å². The van der Waals surface area contributed by atoms with E-state index in [2.05, 4.69) is 4.98 Å². The highest BCUT2D eigenvalue weighted by atomic mass is 16.6. The number of rotatable bonds is 3. The fraction of sp³-hybridized carbons (Fsp3) is 0.333. The van der Waals surface area contributed by atoms with Crippen LogP contribution in [0.3, 0.4) is 0 Å². The average Bonchev–Trinajstić information content (AvgIpc) is 2.51. The molecule has 1 heterocycles. The number of aliphatic hydroxyl groups excluding tert-OH is 1. The molecule has 1 atom stereocenters. The molecule has 1 aromatic heterocycles. The first-order valence-corrected chi connectivity index (χ1v) is 3.34. The van der Waals surface area contributed by atoms with Crippen molar-refractivity contribution in [2.45, 2.75) is 6.04 Å². The minimum Gasteiger partial charge on any atom is -0.394 e. The van der Waals surface area contributed by atoms with Crippen LogP contribution in [0.2, 0.25) is 0 Å². The first-order chi connectivity index (χ1) is 5.65. The molecule has 0 fully saturated rings. The minimum atomic E-state index is -0.585. The Bertz CT molecular complexity index is 283. The Labute approximate surface area is 68.2 Å². The molecule has 0 saturated carbocycles. The van der Waals surface area contributed by atoms with Gasteiger partial charge in [0.1, 0.15) is 0 Å². The Kier molecular flexibility index (Phi) is 2.41. The maximum atomic E-state index is 10.2. The van der Waals surface area contributed by atoms with Crippen LogP contribution in [0.1, 0.15) is 11.7 Å². The van der Waals surface area contributed by atoms with Gasteiger partial charge in [0.05, 0.1) is 23.8 Å². The van der Waals surface area contributed by atoms with E-state index in [-0.39, 0.29) is 12.3 Å². The number of aliphatic hydroxyl groups is 1. The molecule has 0 aliphatic rings. The van der Waals surface area contributed by atoms with Crippen LogP contribution in [0.5, 0.6) is 0 Å². The van der Waals surface area contributed by atoms with Crippen LogP contribution < -0.4 is 5.73 Å². The van der Waals surface area contributed by atoms with Gasteiger partial charge in [-0.3, -0.25) is 10.1 Å². The molecule has 0 bridgehead atoms. The molecule has 1 rings (SSSR count). The number of hydrogen-bond donors (Lipinski definition) is 3. The Hall–Kier alpha value is -1.40. The maximum Gasteiger partial charge on any atom is 0.287 e. The van der Waals surface area contributed by atoms with Crippen LogP contribution in [-0.2, 0) is 0 Å². The van der Waals surface area contributed by atoms with E-state index in [0.29, 0.717) is 5.69 Å². The highest BCUT2D eigenvalue weighted by molar-refractivity contribution is 5.31. The zero-order valence-electron chi connectivity index (χ0n) is 6.23. The van der Waals surface area contributed by atoms with Crippen LogP contribution in [0, 0.1) is 10.1 Å². The van der Waals surface area contributed by atoms with Gasteiger partial charge in [-0.05, 0) is 0 Å². The lowest BCUT2D eigenvalue weighted by atomic mass is 10.2. The van der Waals surface area contributed by atoms with Gasteiger partial charge in [0, 0.05) is 11.8 Å². The zero-order valence-corrected chi connectivity index (χ0v) is 6.23. The molecule has 0 radical (unpaired) electrons. The monoisotopic (exact) mass is 171 g/mol. The molecule has 6 nitrogen and oxygen atoms in total. The van der Waals surface area contributed by atoms with Gasteiger partial charge in [-0.2, -0.15) is 0 Å². The standard InChI is InChI=1S/C6H9N3O3/c7-5(3-10)6-1-4(2-8-6)9(11)12/h1-2,5,8,10H,3,7H2/t5-/m1/s1. The maximum absolute atomic E-state index is 10.2. The number of nitrogens with two attached hydrogens (primary N) is 1. The van der Waals surface area contributed by atoms with Gasteiger partial charge in [-0.25, -0.2) is 0 Å². The molecule has 0 aliphatic heterocycles. The fourth-order valence-electron chi connectivity index (χ4n) is 0.818. The fourth-order valence-corrected chi connectivity index (χ4v) is 0.818. The van der Waals surface area contributed by atoms with E-state index in [1.165, 1.54) is 12.3 Å². The summed E-state index contributed by atoms with van der Waals surface area (Å²) >= 11 is 0. The largest absolute Gasteiger partial charge is 0.394 e. The van der Waals surface area contributed by atoms with Crippen molar-refractivity contribution in [1.82, 2.24) is 4.98 Å². The Morgan fingerprint density at radius 3 is 2.92 bits per heavy atom. The van der Waals surface area contributed by atoms with Gasteiger partial charge in [0.2, 0.25) is 0 Å². The van der Waals surface area contributed by atoms with Gasteiger partial charge in [-0.15, -0.1) is 0 Å². The zero-order chi connectivity index (χ0) is 9.14. The average molecular weight is 171 g/mol. The molecule has 0 aliphatic carbocycles. The van der Waals surface area contributed by atoms with Crippen molar-refractivity contribution in [1.29, 1.82) is 0 Å². The summed E-state index contributed by atoms with van der Waals surface area (Å²) in [5.41, 5.74) is 5.82. The molecule has 12 heavy (non-hydrogen) atoms. The van der Waals surface area contributed by atoms with E-state index in [1.54, 1.807) is 0 Å². The second kappa shape index (κ2) is 3.33. The van der Waals surface area contributed by atoms with Crippen LogP contribution in [0.15, 0.2) is 12.3 Å². The van der Waals surface area contributed by atoms with Gasteiger partial charge < -0.3 is 15.8 Å². The van der Waals surface area contributed by atoms with E-state index >= 15 is 0 Å². The molecule has 0 aromatic carbocycles. The van der Waals surface area contributed by atoms with Gasteiger partial charge in [-0.1, -0.05) is 0 Å². The Morgan fingerprint density at radius 2 is 2.50 bits per heavy atom. The summed E-state index contributed by atoms with van der Waals surface area (Å²) in [5, 5.41) is 18.8. The highest BCUT2D eigenvalue weighted by Gasteiger charge is 2.12. The lowest BCUT2D eigenvalue weighted by Gasteiger charge is -2.02. The molecule has 0 unspecified atom stereocenters. The SMILES string of the molecule is N[C@H](CO)c1cc([N+](=O)[O-])c[nH]1. The second-order valence-electron chi connectivity index (χ2n) is 2.36. The smallest absolute Gasteiger partial charge is 0.287 e. The van der Waals surface area contributed by atoms with Gasteiger partial charge in [0.15, 0.2) is 0 Å². The van der Waals surface area contributed by atoms with Crippen LogP contribution in [0.4, 0.5) is 5.69 Å². The van der Waals surface area contributed by atoms with Gasteiger partial charge >= 0.3 is 0 Å². The number of nitro groups is 1. The van der Waals surface area contributed by atoms with Crippen molar-refractivity contribution in [3.63, 3.8) is 0 Å². The summed E-state index contributed by atoms with van der Waals surface area (Å²) < 4.78 is 0. The van der Waals surface area contributed by atoms with Crippen molar-refractivity contribution in [3.8, 4) is 0 Å². The first-order valence-electron chi connectivity index (χ1n) is 3.34. The van der Waals surface area contributed by atoms with Crippen LogP contribution in [-0.4, -0.2) is 21.6 Å². The van der Waals surface area contributed by atoms with Crippen LogP contribution >= 0.6 is 0 Å². The molecule has 0 saturated heterocycles. The van der Waals surface area contributed by atoms with E-state index < -0.39 is 11.0 Å². The molecule has 1 aromatic rings. The quantitative estimate of drug-likeness (QED) is 0.436. The van der Waals surface area contributed by atoms with E-state index in [0.717, 1.165) is 0 Å². The third-order valence-corrected chi connectivity index (χ3v) is 1.50. The Balaban J connectivity index is 2.84. The summed E-state index contributed by atoms with van der Waals surface area (Å²) in [6.07, 6.45) is 1.24. The molecule has 0 amide bonds. The molecular formula is C6H9N3O3. The van der Waals surface area contributed by atoms with E-state index in [4.69, 9.17) is 10.8 Å². The normalized spacial score (nSPS) is 12.8. The summed E-state index contributed by atoms with van der Waals surface area (Å²) in [6.45, 7) is -0.238. The molecule has 6 heteroatoms. The van der Waals surface area contributed by atoms with Crippen molar-refractivity contribution < 1.29 is 10.0 Å². The van der Waals surface area contributed by atoms with Crippen molar-refractivity contribution in [2.75, 3.05) is 6.61 Å². The Morgan fingerprint density at radius 1 is 1.83 bits per heavy atom. The highest BCUT2D eigenvalue weighted by Crippen LogP contribution is 2.15. The molecule has 4 N–H and O–H groups in total. The van der Waals surface area contributed by atoms with Crippen LogP contribution in [0.25, 0.3) is 0 Å². The number of aromatic amines is 1. The molecule has 66 valence electrons. The first kappa shape index (κ1) is 8.69. The topological polar surface area (TPSA) is 105 Å². The molecule has 0 spiro atoms. The lowest BCUT2D eigenvalue weighted by Crippen LogP contribution is -2.14. The second-order valence-corrected chi connectivity index (χ2v) is 2.36. The van der Waals surface area contributed by atoms with Crippen molar-refractivity contribution in [3.05, 3.63) is 28.1 Å². The summed E-state index contributed by atoms with van der Waals surface area (Å²) in [5.74, 6) is 0. The predicted molar refractivity (Wildman–Crippen MR) is 41.5 cm³/mol. The van der Waals surface area contributed by atoms with E-state index in [1.807, 2.05) is 0 Å². The number of H-pyrrole nitrogens is 1. The summed E-state index contributed by atoms with van der Waals surface area (Å²) in [4.78, 5) is 12.3. The number of aromatic nitrogens is 1. The predicted octanol–water partition coefficient (Wildman–Crippen LogP) is -0.0850. The summed E-state index contributed by atoms with van der Waals surface area (Å²) in [7, 11) is 0. The number of nitrogens with zero attached hydrogens (tertiary/aromatic N) is 1. The summed E-state index contributed by atoms with van der Waals surface area (Å²) in [6, 6.07) is 0.722. The van der Waals surface area contributed by atoms with E-state index in [9.17, 15) is 10.1 Å². The van der Waals surface area contributed by atoms with Crippen molar-refractivity contribution in [2.24, 2.45) is 5.73 Å². The molecular weight excluding hydrogens is 162 g/mol. The third kappa shape index (κ3) is 1.60. The minimum absolute atomic E-state index is 0.0473. The number of hydrogen-bond acceptors (Lipinski definition) is 4.